The van der Waals surface area contributed by atoms with Gasteiger partial charge in [0.25, 0.3) is 0 Å². The zero-order chi connectivity index (χ0) is 19.1. The molecule has 2 rings (SSSR count). The van der Waals surface area contributed by atoms with Gasteiger partial charge < -0.3 is 10.2 Å². The van der Waals surface area contributed by atoms with E-state index in [4.69, 9.17) is 40.5 Å². The third kappa shape index (κ3) is 6.66. The summed E-state index contributed by atoms with van der Waals surface area (Å²) < 4.78 is 0. The number of carbonyl (C=O) groups is 1. The van der Waals surface area contributed by atoms with Gasteiger partial charge in [0.15, 0.2) is 0 Å². The van der Waals surface area contributed by atoms with E-state index in [1.54, 1.807) is 6.07 Å². The molecule has 1 fully saturated rings. The summed E-state index contributed by atoms with van der Waals surface area (Å²) in [6.45, 7) is 0. The average molecular weight is 415 g/mol. The van der Waals surface area contributed by atoms with Crippen LogP contribution in [-0.2, 0) is 11.2 Å². The molecule has 0 heterocycles. The molecule has 0 aliphatic heterocycles. The zero-order valence-corrected chi connectivity index (χ0v) is 16.9. The van der Waals surface area contributed by atoms with Gasteiger partial charge in [-0.3, -0.25) is 4.79 Å². The van der Waals surface area contributed by atoms with Gasteiger partial charge in [0, 0.05) is 22.9 Å². The average Bonchev–Trinajstić information content (AvgIpc) is 2.81. The highest BCUT2D eigenvalue weighted by atomic mass is 35.5. The maximum Gasteiger partial charge on any atom is 0.303 e. The monoisotopic (exact) mass is 414 g/mol. The van der Waals surface area contributed by atoms with Crippen LogP contribution in [0.5, 0.6) is 0 Å². The Morgan fingerprint density at radius 3 is 2.58 bits per heavy atom. The first-order valence-electron chi connectivity index (χ1n) is 8.89. The van der Waals surface area contributed by atoms with Crippen molar-refractivity contribution in [2.75, 3.05) is 0 Å². The van der Waals surface area contributed by atoms with E-state index in [1.807, 2.05) is 24.3 Å². The Kier molecular flexibility index (Phi) is 8.55. The van der Waals surface area contributed by atoms with Crippen LogP contribution in [-0.4, -0.2) is 27.2 Å². The number of aryl methyl sites for hydroxylation is 1. The Morgan fingerprint density at radius 1 is 1.23 bits per heavy atom. The van der Waals surface area contributed by atoms with Gasteiger partial charge in [-0.2, -0.15) is 0 Å². The fourth-order valence-corrected chi connectivity index (χ4v) is 4.57. The van der Waals surface area contributed by atoms with Crippen molar-refractivity contribution in [2.24, 2.45) is 11.8 Å². The Balaban J connectivity index is 1.89. The summed E-state index contributed by atoms with van der Waals surface area (Å²) in [5.41, 5.74) is 1.08. The van der Waals surface area contributed by atoms with E-state index >= 15 is 0 Å². The van der Waals surface area contributed by atoms with Crippen molar-refractivity contribution in [1.29, 1.82) is 0 Å². The third-order valence-corrected chi connectivity index (χ3v) is 5.74. The quantitative estimate of drug-likeness (QED) is 0.318. The van der Waals surface area contributed by atoms with Crippen LogP contribution < -0.4 is 0 Å². The lowest BCUT2D eigenvalue weighted by atomic mass is 9.86. The minimum Gasteiger partial charge on any atom is -0.481 e. The highest BCUT2D eigenvalue weighted by Gasteiger charge is 2.37. The number of halogens is 2. The van der Waals surface area contributed by atoms with Crippen LogP contribution in [0.15, 0.2) is 30.4 Å². The SMILES string of the molecule is O=C(O)CCC/C=C\C[C@H]1C(O)CC(=S)[C@@H]1CCc1cc(Cl)cc(Cl)c1. The summed E-state index contributed by atoms with van der Waals surface area (Å²) in [4.78, 5) is 11.4. The topological polar surface area (TPSA) is 57.5 Å². The van der Waals surface area contributed by atoms with Crippen molar-refractivity contribution in [3.05, 3.63) is 46.0 Å². The maximum atomic E-state index is 10.5. The van der Waals surface area contributed by atoms with Crippen LogP contribution in [0, 0.1) is 11.8 Å². The number of hydrogen-bond donors (Lipinski definition) is 2. The molecule has 0 bridgehead atoms. The standard InChI is InChI=1S/C20H24Cl2O3S/c21-14-9-13(10-15(22)11-14)7-8-17-16(18(23)12-19(17)26)5-3-1-2-4-6-20(24)25/h1,3,9-11,16-18,23H,2,4-8,12H2,(H,24,25)/b3-1-/t16-,17-,18?/m1/s1. The molecule has 3 nitrogen and oxygen atoms in total. The second-order valence-electron chi connectivity index (χ2n) is 6.82. The molecule has 1 unspecified atom stereocenters. The molecule has 1 aromatic carbocycles. The molecule has 1 saturated carbocycles. The van der Waals surface area contributed by atoms with E-state index in [-0.39, 0.29) is 18.3 Å². The number of benzene rings is 1. The summed E-state index contributed by atoms with van der Waals surface area (Å²) in [5, 5.41) is 20.2. The van der Waals surface area contributed by atoms with Crippen LogP contribution in [0.25, 0.3) is 0 Å². The van der Waals surface area contributed by atoms with E-state index in [1.165, 1.54) is 0 Å². The van der Waals surface area contributed by atoms with E-state index < -0.39 is 12.1 Å². The number of aliphatic carboxylic acids is 1. The first-order valence-corrected chi connectivity index (χ1v) is 10.1. The van der Waals surface area contributed by atoms with Crippen LogP contribution in [0.2, 0.25) is 10.0 Å². The molecule has 1 aromatic rings. The maximum absolute atomic E-state index is 10.5. The van der Waals surface area contributed by atoms with Gasteiger partial charge in [0.2, 0.25) is 0 Å². The number of allylic oxidation sites excluding steroid dienone is 2. The Bertz CT molecular complexity index is 655. The molecule has 0 amide bonds. The number of carboxylic acid groups (broad SMARTS) is 1. The minimum atomic E-state index is -0.767. The predicted molar refractivity (Wildman–Crippen MR) is 110 cm³/mol. The molecule has 0 saturated heterocycles. The van der Waals surface area contributed by atoms with E-state index in [9.17, 15) is 9.90 Å². The molecule has 1 aliphatic carbocycles. The van der Waals surface area contributed by atoms with Gasteiger partial charge in [-0.15, -0.1) is 0 Å². The largest absolute Gasteiger partial charge is 0.481 e. The highest BCUT2D eigenvalue weighted by Crippen LogP contribution is 2.36. The Hall–Kier alpha value is -0.940. The molecular weight excluding hydrogens is 391 g/mol. The molecule has 1 aliphatic rings. The van der Waals surface area contributed by atoms with Crippen LogP contribution in [0.4, 0.5) is 0 Å². The summed E-state index contributed by atoms with van der Waals surface area (Å²) in [5.74, 6) is -0.453. The summed E-state index contributed by atoms with van der Waals surface area (Å²) in [6, 6.07) is 5.55. The number of unbranched alkanes of at least 4 members (excludes halogenated alkanes) is 1. The van der Waals surface area contributed by atoms with Crippen molar-refractivity contribution in [3.8, 4) is 0 Å². The third-order valence-electron chi connectivity index (χ3n) is 4.84. The van der Waals surface area contributed by atoms with Crippen molar-refractivity contribution in [2.45, 2.75) is 51.0 Å². The summed E-state index contributed by atoms with van der Waals surface area (Å²) >= 11 is 17.6. The van der Waals surface area contributed by atoms with Gasteiger partial charge >= 0.3 is 5.97 Å². The second kappa shape index (κ2) is 10.4. The minimum absolute atomic E-state index is 0.118. The molecular formula is C20H24Cl2O3S. The Labute approximate surface area is 170 Å². The van der Waals surface area contributed by atoms with Gasteiger partial charge in [-0.1, -0.05) is 47.6 Å². The molecule has 2 N–H and O–H groups in total. The van der Waals surface area contributed by atoms with E-state index in [0.29, 0.717) is 22.9 Å². The number of rotatable bonds is 9. The van der Waals surface area contributed by atoms with Gasteiger partial charge in [0.1, 0.15) is 0 Å². The molecule has 3 atom stereocenters. The fraction of sp³-hybridized carbons (Fsp3) is 0.500. The van der Waals surface area contributed by atoms with Gasteiger partial charge in [-0.05, 0) is 72.6 Å². The fourth-order valence-electron chi connectivity index (χ4n) is 3.53. The lowest BCUT2D eigenvalue weighted by molar-refractivity contribution is -0.137. The Morgan fingerprint density at radius 2 is 1.92 bits per heavy atom. The van der Waals surface area contributed by atoms with Crippen molar-refractivity contribution >= 4 is 46.3 Å². The van der Waals surface area contributed by atoms with Crippen LogP contribution in [0.1, 0.15) is 44.1 Å². The highest BCUT2D eigenvalue weighted by molar-refractivity contribution is 7.80. The van der Waals surface area contributed by atoms with E-state index in [2.05, 4.69) is 0 Å². The summed E-state index contributed by atoms with van der Waals surface area (Å²) in [6.07, 6.45) is 8.23. The first kappa shape index (κ1) is 21.4. The molecule has 6 heteroatoms. The van der Waals surface area contributed by atoms with Crippen LogP contribution in [0.3, 0.4) is 0 Å². The molecule has 0 radical (unpaired) electrons. The van der Waals surface area contributed by atoms with Crippen molar-refractivity contribution in [1.82, 2.24) is 0 Å². The first-order chi connectivity index (χ1) is 12.4. The number of aliphatic hydroxyl groups is 1. The number of thiocarbonyl (C=S) groups is 1. The molecule has 26 heavy (non-hydrogen) atoms. The van der Waals surface area contributed by atoms with Crippen molar-refractivity contribution < 1.29 is 15.0 Å². The smallest absolute Gasteiger partial charge is 0.303 e. The number of hydrogen-bond acceptors (Lipinski definition) is 3. The lowest BCUT2D eigenvalue weighted by Gasteiger charge is -2.20. The number of aliphatic hydroxyl groups excluding tert-OH is 1. The van der Waals surface area contributed by atoms with Crippen molar-refractivity contribution in [3.63, 3.8) is 0 Å². The van der Waals surface area contributed by atoms with E-state index in [0.717, 1.165) is 36.1 Å². The van der Waals surface area contributed by atoms with Gasteiger partial charge in [-0.25, -0.2) is 0 Å². The molecule has 142 valence electrons. The molecule has 0 spiro atoms. The lowest BCUT2D eigenvalue weighted by Crippen LogP contribution is -2.20. The predicted octanol–water partition coefficient (Wildman–Crippen LogP) is 5.49. The van der Waals surface area contributed by atoms with Gasteiger partial charge in [0.05, 0.1) is 6.10 Å². The normalized spacial score (nSPS) is 23.0. The molecule has 0 aromatic heterocycles. The summed E-state index contributed by atoms with van der Waals surface area (Å²) in [7, 11) is 0. The number of carboxylic acids is 1. The zero-order valence-electron chi connectivity index (χ0n) is 14.5. The van der Waals surface area contributed by atoms with Crippen LogP contribution >= 0.6 is 35.4 Å². The second-order valence-corrected chi connectivity index (χ2v) is 8.21.